The van der Waals surface area contributed by atoms with Crippen molar-refractivity contribution in [1.29, 1.82) is 0 Å². The number of nitrogens with two attached hydrogens (primary N) is 1. The third kappa shape index (κ3) is 6.07. The van der Waals surface area contributed by atoms with Crippen LogP contribution < -0.4 is 11.1 Å². The summed E-state index contributed by atoms with van der Waals surface area (Å²) >= 11 is 1.46. The Morgan fingerprint density at radius 1 is 1.44 bits per heavy atom. The second-order valence-corrected chi connectivity index (χ2v) is 5.58. The molecule has 0 saturated heterocycles. The first kappa shape index (κ1) is 15.0. The van der Waals surface area contributed by atoms with Gasteiger partial charge >= 0.3 is 0 Å². The lowest BCUT2D eigenvalue weighted by Crippen LogP contribution is -2.19. The molecule has 1 atom stereocenters. The molecule has 1 aromatic heterocycles. The minimum absolute atomic E-state index is 0.0384. The summed E-state index contributed by atoms with van der Waals surface area (Å²) in [6, 6.07) is 0.0507. The largest absolute Gasteiger partial charge is 0.328 e. The van der Waals surface area contributed by atoms with Crippen LogP contribution in [0.25, 0.3) is 0 Å². The fourth-order valence-corrected chi connectivity index (χ4v) is 2.27. The Labute approximate surface area is 112 Å². The average Bonchev–Trinajstić information content (AvgIpc) is 2.74. The first-order valence-electron chi connectivity index (χ1n) is 6.49. The maximum atomic E-state index is 11.6. The van der Waals surface area contributed by atoms with Crippen LogP contribution in [0.5, 0.6) is 0 Å². The van der Waals surface area contributed by atoms with Crippen LogP contribution in [0.3, 0.4) is 0 Å². The number of carbonyl (C=O) groups excluding carboxylic acids is 1. The van der Waals surface area contributed by atoms with Crippen molar-refractivity contribution in [2.45, 2.75) is 58.4 Å². The average molecular weight is 270 g/mol. The molecule has 0 aliphatic heterocycles. The van der Waals surface area contributed by atoms with E-state index in [0.717, 1.165) is 17.8 Å². The predicted octanol–water partition coefficient (Wildman–Crippen LogP) is 2.34. The van der Waals surface area contributed by atoms with Crippen molar-refractivity contribution in [3.8, 4) is 0 Å². The van der Waals surface area contributed by atoms with Gasteiger partial charge in [0.2, 0.25) is 11.0 Å². The molecular formula is C12H22N4OS. The van der Waals surface area contributed by atoms with Gasteiger partial charge < -0.3 is 11.1 Å². The Morgan fingerprint density at radius 2 is 2.22 bits per heavy atom. The second kappa shape index (κ2) is 8.16. The molecule has 0 bridgehead atoms. The van der Waals surface area contributed by atoms with Crippen molar-refractivity contribution in [2.75, 3.05) is 5.32 Å². The van der Waals surface area contributed by atoms with Crippen molar-refractivity contribution in [3.05, 3.63) is 5.01 Å². The highest BCUT2D eigenvalue weighted by molar-refractivity contribution is 7.15. The Kier molecular flexibility index (Phi) is 6.82. The van der Waals surface area contributed by atoms with Crippen LogP contribution in [-0.2, 0) is 11.2 Å². The number of aryl methyl sites for hydroxylation is 1. The van der Waals surface area contributed by atoms with E-state index in [2.05, 4.69) is 22.4 Å². The molecule has 1 rings (SSSR count). The quantitative estimate of drug-likeness (QED) is 0.710. The molecule has 1 unspecified atom stereocenters. The molecule has 0 radical (unpaired) electrons. The molecule has 18 heavy (non-hydrogen) atoms. The number of hydrogen-bond acceptors (Lipinski definition) is 5. The lowest BCUT2D eigenvalue weighted by atomic mass is 10.2. The molecule has 0 aromatic carbocycles. The zero-order chi connectivity index (χ0) is 13.4. The van der Waals surface area contributed by atoms with Crippen LogP contribution in [0, 0.1) is 0 Å². The highest BCUT2D eigenvalue weighted by Crippen LogP contribution is 2.17. The van der Waals surface area contributed by atoms with Gasteiger partial charge in [-0.2, -0.15) is 0 Å². The number of carbonyl (C=O) groups is 1. The van der Waals surface area contributed by atoms with E-state index in [-0.39, 0.29) is 11.9 Å². The van der Waals surface area contributed by atoms with Crippen LogP contribution in [0.2, 0.25) is 0 Å². The third-order valence-electron chi connectivity index (χ3n) is 2.53. The van der Waals surface area contributed by atoms with Crippen LogP contribution in [0.4, 0.5) is 5.13 Å². The highest BCUT2D eigenvalue weighted by atomic mass is 32.1. The fraction of sp³-hybridized carbons (Fsp3) is 0.750. The van der Waals surface area contributed by atoms with Crippen LogP contribution in [0.1, 0.15) is 51.0 Å². The zero-order valence-corrected chi connectivity index (χ0v) is 11.9. The summed E-state index contributed by atoms with van der Waals surface area (Å²) in [6.07, 6.45) is 5.59. The number of amides is 1. The number of hydrogen-bond donors (Lipinski definition) is 2. The SMILES string of the molecule is CCCCCc1nnc(NC(=O)CCC(C)N)s1. The van der Waals surface area contributed by atoms with Crippen molar-refractivity contribution in [3.63, 3.8) is 0 Å². The van der Waals surface area contributed by atoms with Crippen LogP contribution in [0.15, 0.2) is 0 Å². The van der Waals surface area contributed by atoms with E-state index in [4.69, 9.17) is 5.73 Å². The summed E-state index contributed by atoms with van der Waals surface area (Å²) in [4.78, 5) is 11.6. The number of unbranched alkanes of at least 4 members (excludes halogenated alkanes) is 2. The summed E-state index contributed by atoms with van der Waals surface area (Å²) in [6.45, 7) is 4.06. The minimum atomic E-state index is -0.0384. The van der Waals surface area contributed by atoms with Gasteiger partial charge in [-0.25, -0.2) is 0 Å². The number of rotatable bonds is 8. The fourth-order valence-electron chi connectivity index (χ4n) is 1.47. The van der Waals surface area contributed by atoms with E-state index in [9.17, 15) is 4.79 Å². The Hall–Kier alpha value is -1.01. The van der Waals surface area contributed by atoms with Crippen molar-refractivity contribution < 1.29 is 4.79 Å². The number of aromatic nitrogens is 2. The molecule has 0 fully saturated rings. The number of nitrogens with zero attached hydrogens (tertiary/aromatic N) is 2. The standard InChI is InChI=1S/C12H22N4OS/c1-3-4-5-6-11-15-16-12(18-11)14-10(17)8-7-9(2)13/h9H,3-8,13H2,1-2H3,(H,14,16,17). The van der Waals surface area contributed by atoms with Gasteiger partial charge in [0.1, 0.15) is 5.01 Å². The predicted molar refractivity (Wildman–Crippen MR) is 74.7 cm³/mol. The molecule has 102 valence electrons. The molecule has 0 spiro atoms. The summed E-state index contributed by atoms with van der Waals surface area (Å²) in [5, 5.41) is 12.4. The molecule has 1 amide bonds. The summed E-state index contributed by atoms with van der Waals surface area (Å²) in [7, 11) is 0. The first-order chi connectivity index (χ1) is 8.61. The van der Waals surface area contributed by atoms with Crippen LogP contribution in [-0.4, -0.2) is 22.1 Å². The lowest BCUT2D eigenvalue weighted by molar-refractivity contribution is -0.116. The van der Waals surface area contributed by atoms with E-state index in [0.29, 0.717) is 18.0 Å². The Balaban J connectivity index is 2.32. The number of nitrogens with one attached hydrogen (secondary N) is 1. The topological polar surface area (TPSA) is 80.9 Å². The molecule has 1 aromatic rings. The molecule has 3 N–H and O–H groups in total. The minimum Gasteiger partial charge on any atom is -0.328 e. The van der Waals surface area contributed by atoms with E-state index >= 15 is 0 Å². The summed E-state index contributed by atoms with van der Waals surface area (Å²) in [5.74, 6) is -0.0384. The lowest BCUT2D eigenvalue weighted by Gasteiger charge is -2.03. The van der Waals surface area contributed by atoms with Gasteiger partial charge in [0, 0.05) is 18.9 Å². The number of anilines is 1. The molecule has 1 heterocycles. The molecule has 0 saturated carbocycles. The smallest absolute Gasteiger partial charge is 0.226 e. The highest BCUT2D eigenvalue weighted by Gasteiger charge is 2.08. The Bertz CT molecular complexity index is 365. The van der Waals surface area contributed by atoms with Crippen molar-refractivity contribution in [2.24, 2.45) is 5.73 Å². The van der Waals surface area contributed by atoms with E-state index in [1.807, 2.05) is 6.92 Å². The van der Waals surface area contributed by atoms with Gasteiger partial charge in [-0.1, -0.05) is 31.1 Å². The van der Waals surface area contributed by atoms with Gasteiger partial charge in [0.05, 0.1) is 0 Å². The van der Waals surface area contributed by atoms with E-state index < -0.39 is 0 Å². The van der Waals surface area contributed by atoms with E-state index in [1.54, 1.807) is 0 Å². The molecule has 0 aliphatic rings. The van der Waals surface area contributed by atoms with E-state index in [1.165, 1.54) is 24.2 Å². The Morgan fingerprint density at radius 3 is 2.89 bits per heavy atom. The third-order valence-corrected chi connectivity index (χ3v) is 3.43. The molecule has 5 nitrogen and oxygen atoms in total. The van der Waals surface area contributed by atoms with Gasteiger partial charge in [-0.3, -0.25) is 4.79 Å². The maximum absolute atomic E-state index is 11.6. The monoisotopic (exact) mass is 270 g/mol. The first-order valence-corrected chi connectivity index (χ1v) is 7.31. The van der Waals surface area contributed by atoms with Gasteiger partial charge in [0.15, 0.2) is 0 Å². The van der Waals surface area contributed by atoms with Gasteiger partial charge in [-0.15, -0.1) is 10.2 Å². The summed E-state index contributed by atoms with van der Waals surface area (Å²) in [5.41, 5.74) is 5.60. The zero-order valence-electron chi connectivity index (χ0n) is 11.1. The normalized spacial score (nSPS) is 12.4. The molecule has 6 heteroatoms. The van der Waals surface area contributed by atoms with Gasteiger partial charge in [-0.05, 0) is 19.8 Å². The summed E-state index contributed by atoms with van der Waals surface area (Å²) < 4.78 is 0. The second-order valence-electron chi connectivity index (χ2n) is 4.52. The maximum Gasteiger partial charge on any atom is 0.226 e. The molecule has 0 aliphatic carbocycles. The van der Waals surface area contributed by atoms with Crippen molar-refractivity contribution >= 4 is 22.4 Å². The van der Waals surface area contributed by atoms with Crippen molar-refractivity contribution in [1.82, 2.24) is 10.2 Å². The van der Waals surface area contributed by atoms with Gasteiger partial charge in [0.25, 0.3) is 0 Å². The molecular weight excluding hydrogens is 248 g/mol. The van der Waals surface area contributed by atoms with Crippen LogP contribution >= 0.6 is 11.3 Å².